The van der Waals surface area contributed by atoms with Gasteiger partial charge in [-0.25, -0.2) is 4.57 Å². The van der Waals surface area contributed by atoms with Gasteiger partial charge in [0.05, 0.1) is 97.6 Å². The third kappa shape index (κ3) is 44.5. The maximum Gasteiger partial charge on any atom is 0.469 e. The van der Waals surface area contributed by atoms with Gasteiger partial charge in [0.2, 0.25) is 0 Å². The largest absolute Gasteiger partial charge is 0.756 e. The number of phosphoric acid groups is 8. The molecule has 0 fully saturated rings. The fourth-order valence-corrected chi connectivity index (χ4v) is 8.76. The molecule has 398 valence electrons. The highest BCUT2D eigenvalue weighted by molar-refractivity contribution is 7.47. The summed E-state index contributed by atoms with van der Waals surface area (Å²) >= 11 is 0. The van der Waals surface area contributed by atoms with Crippen molar-refractivity contribution in [3.05, 3.63) is 0 Å². The Morgan fingerprint density at radius 1 is 0.385 bits per heavy atom. The van der Waals surface area contributed by atoms with Gasteiger partial charge in [0.25, 0.3) is 54.8 Å². The first kappa shape index (κ1) is 72.4. The highest BCUT2D eigenvalue weighted by Crippen LogP contribution is 2.46. The zero-order valence-corrected chi connectivity index (χ0v) is 40.7. The molecule has 0 aliphatic rings. The number of aliphatic hydroxyl groups excluding tert-OH is 1. The predicted molar refractivity (Wildman–Crippen MR) is 205 cm³/mol. The zero-order valence-electron chi connectivity index (χ0n) is 33.5. The van der Waals surface area contributed by atoms with Crippen LogP contribution in [0, 0.1) is 0 Å². The third-order valence-electron chi connectivity index (χ3n) is 5.87. The van der Waals surface area contributed by atoms with Crippen molar-refractivity contribution < 1.29 is 154 Å². The quantitative estimate of drug-likeness (QED) is 0.0434. The van der Waals surface area contributed by atoms with Crippen LogP contribution >= 0.6 is 62.6 Å². The van der Waals surface area contributed by atoms with E-state index in [1.807, 2.05) is 0 Å². The van der Waals surface area contributed by atoms with Crippen molar-refractivity contribution in [1.82, 2.24) is 0 Å². The second-order valence-electron chi connectivity index (χ2n) is 10.9. The summed E-state index contributed by atoms with van der Waals surface area (Å²) in [6.45, 7) is -3.94. The number of phosphoric ester groups is 8. The smallest absolute Gasteiger partial charge is 0.469 e. The SMILES string of the molecule is C.C.CCC(CO)OP(=O)([O-])O.CCOP(=O)([O-])OCC(CC)OP(=O)([O-])OCCOP(=O)([O-])OCCOP(=O)([O-])OCCOP(=O)([O-])OCCOP(=O)([O-])OCC(CC)OP(=O)(O)O. The molecular weight excluding hydrogens is 1060 g/mol. The van der Waals surface area contributed by atoms with E-state index >= 15 is 0 Å². The van der Waals surface area contributed by atoms with Gasteiger partial charge in [-0.1, -0.05) is 35.6 Å². The van der Waals surface area contributed by atoms with Crippen LogP contribution in [0.15, 0.2) is 0 Å². The molecule has 0 saturated heterocycles. The molecular formula is C24H57O33P8-7. The summed E-state index contributed by atoms with van der Waals surface area (Å²) in [4.78, 5) is 106. The van der Waals surface area contributed by atoms with E-state index in [1.165, 1.54) is 20.8 Å². The molecule has 0 radical (unpaired) electrons. The number of rotatable bonds is 38. The van der Waals surface area contributed by atoms with E-state index in [2.05, 4.69) is 63.3 Å². The van der Waals surface area contributed by atoms with Gasteiger partial charge in [-0.15, -0.1) is 0 Å². The van der Waals surface area contributed by atoms with Crippen LogP contribution in [0.4, 0.5) is 0 Å². The molecule has 0 heterocycles. The van der Waals surface area contributed by atoms with Gasteiger partial charge < -0.3 is 113 Å². The van der Waals surface area contributed by atoms with Crippen LogP contribution in [0.5, 0.6) is 0 Å². The Hall–Kier alpha value is 0.840. The fourth-order valence-electron chi connectivity index (χ4n) is 3.16. The average Bonchev–Trinajstić information content (AvgIpc) is 3.14. The van der Waals surface area contributed by atoms with Crippen LogP contribution in [0.3, 0.4) is 0 Å². The van der Waals surface area contributed by atoms with Gasteiger partial charge in [0.1, 0.15) is 0 Å². The number of aliphatic hydroxyl groups is 1. The average molecular weight is 1120 g/mol. The van der Waals surface area contributed by atoms with Crippen LogP contribution < -0.4 is 34.3 Å². The van der Waals surface area contributed by atoms with Gasteiger partial charge in [-0.2, -0.15) is 0 Å². The minimum Gasteiger partial charge on any atom is -0.756 e. The highest BCUT2D eigenvalue weighted by atomic mass is 31.2. The monoisotopic (exact) mass is 1120 g/mol. The van der Waals surface area contributed by atoms with E-state index < -0.39 is 154 Å². The van der Waals surface area contributed by atoms with Crippen molar-refractivity contribution in [1.29, 1.82) is 0 Å². The maximum absolute atomic E-state index is 11.9. The van der Waals surface area contributed by atoms with Crippen molar-refractivity contribution >= 4 is 62.6 Å². The molecule has 0 amide bonds. The Kier molecular flexibility index (Phi) is 39.0. The van der Waals surface area contributed by atoms with Crippen molar-refractivity contribution in [2.24, 2.45) is 0 Å². The fraction of sp³-hybridized carbons (Fsp3) is 1.00. The lowest BCUT2D eigenvalue weighted by molar-refractivity contribution is -0.240. The van der Waals surface area contributed by atoms with E-state index in [0.717, 1.165) is 0 Å². The van der Waals surface area contributed by atoms with Crippen molar-refractivity contribution in [2.75, 3.05) is 79.3 Å². The molecule has 10 unspecified atom stereocenters. The Balaban J connectivity index is -0.00000137. The van der Waals surface area contributed by atoms with Gasteiger partial charge in [0, 0.05) is 0 Å². The third-order valence-corrected chi connectivity index (χ3v) is 13.1. The standard InChI is InChI=1S/C18H45O28P7.C4H11O5P.2CH4/c1-4-17(45-47(19,20)21)15-44-52(30,31)41-12-11-39-50(26,27)37-8-7-35-49(24,25)36-9-10-38-51(28,29)40-13-14-42-53(32,33)46-18(5-2)16-43-48(22,23)34-6-3;1-2-4(3-5)9-10(6,7)8;;/h17-18H,4-16H2,1-3H3,(H,22,23)(H,24,25)(H,26,27)(H,28,29)(H,30,31)(H,32,33)(H2,19,20,21);4-5H,2-3H2,1H3,(H2,6,7,8);2*1H4/p-7. The molecule has 0 aromatic carbocycles. The van der Waals surface area contributed by atoms with Crippen LogP contribution in [0.25, 0.3) is 0 Å². The van der Waals surface area contributed by atoms with E-state index in [1.54, 1.807) is 6.92 Å². The summed E-state index contributed by atoms with van der Waals surface area (Å²) in [5.74, 6) is 0. The zero-order chi connectivity index (χ0) is 49.2. The van der Waals surface area contributed by atoms with Crippen LogP contribution in [-0.4, -0.2) is 117 Å². The summed E-state index contributed by atoms with van der Waals surface area (Å²) in [5.41, 5.74) is 0. The summed E-state index contributed by atoms with van der Waals surface area (Å²) in [5, 5.41) is 8.39. The molecule has 0 saturated carbocycles. The molecule has 0 aliphatic heterocycles. The lowest BCUT2D eigenvalue weighted by Crippen LogP contribution is -2.24. The Bertz CT molecular complexity index is 1650. The normalized spacial score (nSPS) is 19.9. The van der Waals surface area contributed by atoms with Crippen molar-refractivity contribution in [3.63, 3.8) is 0 Å². The summed E-state index contributed by atoms with van der Waals surface area (Å²) in [6, 6.07) is 0. The first-order valence-corrected chi connectivity index (χ1v) is 29.2. The molecule has 0 aromatic heterocycles. The Labute approximate surface area is 375 Å². The number of hydrogen-bond acceptors (Lipinski definition) is 30. The van der Waals surface area contributed by atoms with Gasteiger partial charge in [0.15, 0.2) is 0 Å². The van der Waals surface area contributed by atoms with Crippen LogP contribution in [0.2, 0.25) is 0 Å². The molecule has 0 spiro atoms. The maximum atomic E-state index is 11.9. The molecule has 65 heavy (non-hydrogen) atoms. The van der Waals surface area contributed by atoms with E-state index in [9.17, 15) is 70.8 Å². The molecule has 0 aliphatic carbocycles. The van der Waals surface area contributed by atoms with Gasteiger partial charge in [-0.05, 0) is 26.2 Å². The topological polar surface area (TPSA) is 508 Å². The van der Waals surface area contributed by atoms with Crippen molar-refractivity contribution in [3.8, 4) is 0 Å². The molecule has 4 N–H and O–H groups in total. The Morgan fingerprint density at radius 3 is 0.877 bits per heavy atom. The van der Waals surface area contributed by atoms with Crippen LogP contribution in [0.1, 0.15) is 61.8 Å². The molecule has 33 nitrogen and oxygen atoms in total. The molecule has 41 heteroatoms. The minimum atomic E-state index is -5.18. The number of hydrogen-bond donors (Lipinski definition) is 4. The molecule has 0 bridgehead atoms. The molecule has 0 aromatic rings. The van der Waals surface area contributed by atoms with E-state index in [4.69, 9.17) is 19.8 Å². The van der Waals surface area contributed by atoms with Crippen molar-refractivity contribution in [2.45, 2.75) is 80.1 Å². The highest BCUT2D eigenvalue weighted by Gasteiger charge is 2.24. The lowest BCUT2D eigenvalue weighted by atomic mass is 10.3. The summed E-state index contributed by atoms with van der Waals surface area (Å²) in [7, 11) is -40.0. The van der Waals surface area contributed by atoms with E-state index in [0.29, 0.717) is 6.42 Å². The van der Waals surface area contributed by atoms with Crippen LogP contribution in [-0.2, 0) is 99.9 Å². The minimum absolute atomic E-state index is 0. The predicted octanol–water partition coefficient (Wildman–Crippen LogP) is -0.811. The molecule has 0 rings (SSSR count). The first-order valence-electron chi connectivity index (χ1n) is 17.4. The molecule has 10 atom stereocenters. The van der Waals surface area contributed by atoms with E-state index in [-0.39, 0.29) is 34.3 Å². The Morgan fingerprint density at radius 2 is 0.646 bits per heavy atom. The van der Waals surface area contributed by atoms with Gasteiger partial charge >= 0.3 is 7.82 Å². The summed E-state index contributed by atoms with van der Waals surface area (Å²) < 4.78 is 152. The lowest BCUT2D eigenvalue weighted by Gasteiger charge is -2.30. The second kappa shape index (κ2) is 35.0. The van der Waals surface area contributed by atoms with Gasteiger partial charge in [-0.3, -0.25) is 36.5 Å². The second-order valence-corrected chi connectivity index (χ2v) is 21.7. The first-order chi connectivity index (χ1) is 28.7. The summed E-state index contributed by atoms with van der Waals surface area (Å²) in [6.07, 6.45) is -3.22.